The average Bonchev–Trinajstić information content (AvgIpc) is 3.62. The number of benzene rings is 2. The van der Waals surface area contributed by atoms with Crippen molar-refractivity contribution in [3.8, 4) is 11.5 Å². The molecule has 2 aromatic carbocycles. The number of aliphatic hydroxyl groups excluding tert-OH is 2. The van der Waals surface area contributed by atoms with E-state index in [4.69, 9.17) is 19.0 Å². The Morgan fingerprint density at radius 2 is 1.85 bits per heavy atom. The van der Waals surface area contributed by atoms with Crippen LogP contribution in [0.2, 0.25) is 0 Å². The zero-order chi connectivity index (χ0) is 38.8. The monoisotopic (exact) mass is 754 g/mol. The highest BCUT2D eigenvalue weighted by Crippen LogP contribution is 2.62. The Hall–Kier alpha value is -4.58. The van der Waals surface area contributed by atoms with Gasteiger partial charge in [0.15, 0.2) is 0 Å². The van der Waals surface area contributed by atoms with Gasteiger partial charge in [0, 0.05) is 48.9 Å². The van der Waals surface area contributed by atoms with E-state index in [1.54, 1.807) is 19.3 Å². The first-order valence-electron chi connectivity index (χ1n) is 19.9. The molecule has 296 valence electrons. The molecule has 0 radical (unpaired) electrons. The van der Waals surface area contributed by atoms with Crippen LogP contribution in [0.3, 0.4) is 0 Å². The number of urea groups is 1. The highest BCUT2D eigenvalue weighted by molar-refractivity contribution is 6.03. The summed E-state index contributed by atoms with van der Waals surface area (Å²) in [7, 11) is 1.56. The van der Waals surface area contributed by atoms with E-state index in [1.165, 1.54) is 0 Å². The fourth-order valence-electron chi connectivity index (χ4n) is 9.14. The molecule has 2 amide bonds. The van der Waals surface area contributed by atoms with E-state index in [9.17, 15) is 15.0 Å². The summed E-state index contributed by atoms with van der Waals surface area (Å²) in [4.78, 5) is 25.4. The number of aromatic nitrogens is 1. The van der Waals surface area contributed by atoms with Crippen LogP contribution in [0, 0.1) is 17.8 Å². The Labute approximate surface area is 325 Å². The van der Waals surface area contributed by atoms with Crippen molar-refractivity contribution in [2.75, 3.05) is 40.1 Å². The van der Waals surface area contributed by atoms with Crippen LogP contribution < -0.4 is 14.8 Å². The predicted molar refractivity (Wildman–Crippen MR) is 215 cm³/mol. The number of amides is 2. The zero-order valence-electron chi connectivity index (χ0n) is 32.4. The van der Waals surface area contributed by atoms with Gasteiger partial charge in [0.2, 0.25) is 5.79 Å². The van der Waals surface area contributed by atoms with E-state index < -0.39 is 11.8 Å². The molecule has 3 aromatic rings. The minimum absolute atomic E-state index is 0.120. The zero-order valence-corrected chi connectivity index (χ0v) is 32.4. The Kier molecular flexibility index (Phi) is 13.7. The van der Waals surface area contributed by atoms with E-state index in [2.05, 4.69) is 53.7 Å². The van der Waals surface area contributed by atoms with Crippen molar-refractivity contribution in [2.45, 2.75) is 82.6 Å². The molecule has 6 unspecified atom stereocenters. The van der Waals surface area contributed by atoms with Crippen molar-refractivity contribution in [1.29, 1.82) is 0 Å². The highest BCUT2D eigenvalue weighted by atomic mass is 16.7. The number of rotatable bonds is 20. The van der Waals surface area contributed by atoms with Gasteiger partial charge in [-0.15, -0.1) is 6.58 Å². The third kappa shape index (κ3) is 8.49. The second-order valence-electron chi connectivity index (χ2n) is 14.8. The summed E-state index contributed by atoms with van der Waals surface area (Å²) < 4.78 is 20.4. The smallest absolute Gasteiger partial charge is 0.318 e. The van der Waals surface area contributed by atoms with E-state index >= 15 is 0 Å². The maximum absolute atomic E-state index is 14.6. The van der Waals surface area contributed by atoms with Crippen LogP contribution in [-0.2, 0) is 16.1 Å². The largest absolute Gasteiger partial charge is 0.490 e. The number of para-hydroxylation sites is 1. The molecule has 11 heteroatoms. The maximum atomic E-state index is 14.6. The van der Waals surface area contributed by atoms with Crippen molar-refractivity contribution < 1.29 is 34.1 Å². The van der Waals surface area contributed by atoms with Gasteiger partial charge in [-0.1, -0.05) is 67.9 Å². The molecule has 3 aliphatic rings. The molecule has 0 saturated heterocycles. The van der Waals surface area contributed by atoms with Gasteiger partial charge in [-0.2, -0.15) is 0 Å². The standard InChI is InChI=1S/C44H58N4O7/c1-5-20-48(43(51)45-29-32-25-31-15-8-9-17-37(31)46-32)40-28-38(47-52-4)35-26-30(14-10-12-21-49)34(16-11-13-22-50)41-36-27-33(53-23-6-2)18-19-39(36)55-44(40,42(35)41)54-24-7-3/h6-9,15,17-19,25-27,30,34,40-42,46,49-50H,2-3,5,10-14,16,20-24,28-29H2,1,4H3,(H,45,51). The van der Waals surface area contributed by atoms with Crippen LogP contribution in [0.15, 0.2) is 90.6 Å². The molecule has 1 aliphatic heterocycles. The third-order valence-electron chi connectivity index (χ3n) is 11.3. The first-order chi connectivity index (χ1) is 26.9. The van der Waals surface area contributed by atoms with E-state index in [-0.39, 0.29) is 49.5 Å². The summed E-state index contributed by atoms with van der Waals surface area (Å²) >= 11 is 0. The molecule has 1 saturated carbocycles. The van der Waals surface area contributed by atoms with Crippen molar-refractivity contribution in [3.63, 3.8) is 0 Å². The normalized spacial score (nSPS) is 24.6. The lowest BCUT2D eigenvalue weighted by atomic mass is 9.55. The van der Waals surface area contributed by atoms with Crippen LogP contribution in [0.25, 0.3) is 10.9 Å². The summed E-state index contributed by atoms with van der Waals surface area (Å²) in [5.74, 6) is -0.143. The third-order valence-corrected chi connectivity index (χ3v) is 11.3. The number of unbranched alkanes of at least 4 members (excludes halogenated alkanes) is 2. The number of nitrogens with one attached hydrogen (secondary N) is 2. The number of hydrogen-bond donors (Lipinski definition) is 4. The summed E-state index contributed by atoms with van der Waals surface area (Å²) in [6.45, 7) is 11.5. The number of carbonyl (C=O) groups excluding carboxylic acids is 1. The van der Waals surface area contributed by atoms with E-state index in [1.807, 2.05) is 41.3 Å². The molecule has 1 fully saturated rings. The number of oxime groups is 1. The number of carbonyl (C=O) groups is 1. The van der Waals surface area contributed by atoms with E-state index in [0.29, 0.717) is 56.9 Å². The Bertz CT molecular complexity index is 1800. The first-order valence-corrected chi connectivity index (χ1v) is 19.9. The molecule has 11 nitrogen and oxygen atoms in total. The summed E-state index contributed by atoms with van der Waals surface area (Å²) in [5, 5.41) is 28.6. The molecule has 2 aliphatic carbocycles. The Balaban J connectivity index is 1.50. The number of nitrogens with zero attached hydrogens (tertiary/aromatic N) is 2. The van der Waals surface area contributed by atoms with Gasteiger partial charge in [0.05, 0.1) is 24.8 Å². The Morgan fingerprint density at radius 1 is 1.07 bits per heavy atom. The molecule has 0 bridgehead atoms. The molecule has 4 N–H and O–H groups in total. The van der Waals surface area contributed by atoms with Crippen molar-refractivity contribution in [1.82, 2.24) is 15.2 Å². The van der Waals surface area contributed by atoms with Crippen LogP contribution in [0.4, 0.5) is 4.79 Å². The number of aromatic amines is 1. The summed E-state index contributed by atoms with van der Waals surface area (Å²) in [6.07, 6.45) is 11.7. The van der Waals surface area contributed by atoms with Crippen LogP contribution in [0.5, 0.6) is 11.5 Å². The second-order valence-corrected chi connectivity index (χ2v) is 14.8. The number of ether oxygens (including phenoxy) is 3. The van der Waals surface area contributed by atoms with Crippen molar-refractivity contribution >= 4 is 22.6 Å². The highest BCUT2D eigenvalue weighted by Gasteiger charge is 2.65. The lowest BCUT2D eigenvalue weighted by molar-refractivity contribution is -0.254. The number of hydrogen-bond acceptors (Lipinski definition) is 8. The number of H-pyrrole nitrogens is 1. The fraction of sp³-hybridized carbons (Fsp3) is 0.500. The van der Waals surface area contributed by atoms with Gasteiger partial charge in [-0.05, 0) is 85.2 Å². The molecule has 6 atom stereocenters. The van der Waals surface area contributed by atoms with Crippen LogP contribution >= 0.6 is 0 Å². The van der Waals surface area contributed by atoms with Gasteiger partial charge in [0.25, 0.3) is 0 Å². The predicted octanol–water partition coefficient (Wildman–Crippen LogP) is 7.62. The van der Waals surface area contributed by atoms with Crippen molar-refractivity contribution in [2.24, 2.45) is 22.9 Å². The first kappa shape index (κ1) is 40.1. The Morgan fingerprint density at radius 3 is 2.58 bits per heavy atom. The van der Waals surface area contributed by atoms with Gasteiger partial charge < -0.3 is 44.5 Å². The number of aliphatic hydroxyl groups is 2. The quantitative estimate of drug-likeness (QED) is 0.0529. The molecule has 6 rings (SSSR count). The average molecular weight is 755 g/mol. The van der Waals surface area contributed by atoms with Crippen molar-refractivity contribution in [3.05, 3.63) is 96.7 Å². The molecule has 2 heterocycles. The maximum Gasteiger partial charge on any atom is 0.318 e. The molecule has 55 heavy (non-hydrogen) atoms. The lowest BCUT2D eigenvalue weighted by Crippen LogP contribution is -2.70. The minimum atomic E-state index is -1.31. The lowest BCUT2D eigenvalue weighted by Gasteiger charge is -2.60. The van der Waals surface area contributed by atoms with E-state index in [0.717, 1.165) is 59.1 Å². The number of fused-ring (bicyclic) bond motifs is 3. The second kappa shape index (κ2) is 18.8. The van der Waals surface area contributed by atoms with Gasteiger partial charge in [0.1, 0.15) is 31.3 Å². The number of allylic oxidation sites excluding steroid dienone is 1. The molecular weight excluding hydrogens is 697 g/mol. The molecule has 1 aromatic heterocycles. The van der Waals surface area contributed by atoms with Gasteiger partial charge >= 0.3 is 6.03 Å². The van der Waals surface area contributed by atoms with Crippen LogP contribution in [0.1, 0.15) is 75.5 Å². The molecular formula is C44H58N4O7. The fourth-order valence-corrected chi connectivity index (χ4v) is 9.14. The van der Waals surface area contributed by atoms with Gasteiger partial charge in [-0.25, -0.2) is 4.79 Å². The van der Waals surface area contributed by atoms with Gasteiger partial charge in [-0.3, -0.25) is 0 Å². The topological polar surface area (TPSA) is 138 Å². The molecule has 0 spiro atoms. The van der Waals surface area contributed by atoms with Crippen LogP contribution in [-0.4, -0.2) is 83.8 Å². The SMILES string of the molecule is C=CCOc1ccc2c(c1)C1C(CCCCO)C(CCCCO)C=C3C(=NOC)CC(N(CCC)C(=O)NCc4cc5ccccc5[nH]4)C(OCC=C)(O2)C31. The summed E-state index contributed by atoms with van der Waals surface area (Å²) in [6, 6.07) is 15.3. The summed E-state index contributed by atoms with van der Waals surface area (Å²) in [5.41, 5.74) is 4.69. The minimum Gasteiger partial charge on any atom is -0.490 e.